The summed E-state index contributed by atoms with van der Waals surface area (Å²) >= 11 is 5.91. The topological polar surface area (TPSA) is 60.0 Å². The van der Waals surface area contributed by atoms with Crippen LogP contribution in [0.1, 0.15) is 24.8 Å². The van der Waals surface area contributed by atoms with Crippen LogP contribution in [0.5, 0.6) is 17.2 Å². The number of ether oxygens (including phenoxy) is 3. The average molecular weight is 392 g/mol. The van der Waals surface area contributed by atoms with E-state index in [2.05, 4.69) is 5.32 Å². The first-order valence-corrected chi connectivity index (χ1v) is 9.53. The molecule has 0 unspecified atom stereocenters. The maximum Gasteiger partial charge on any atom is 0.161 e. The zero-order valence-corrected chi connectivity index (χ0v) is 16.4. The van der Waals surface area contributed by atoms with Gasteiger partial charge in [0.25, 0.3) is 0 Å². The summed E-state index contributed by atoms with van der Waals surface area (Å²) in [5.41, 5.74) is 1.07. The first kappa shape index (κ1) is 19.8. The molecule has 2 N–H and O–H groups in total. The van der Waals surface area contributed by atoms with Crippen molar-refractivity contribution in [2.75, 3.05) is 14.2 Å². The predicted octanol–water partition coefficient (Wildman–Crippen LogP) is 3.81. The highest BCUT2D eigenvalue weighted by molar-refractivity contribution is 6.30. The van der Waals surface area contributed by atoms with Gasteiger partial charge in [-0.2, -0.15) is 0 Å². The largest absolute Gasteiger partial charge is 0.493 e. The summed E-state index contributed by atoms with van der Waals surface area (Å²) in [6.45, 7) is 0.635. The van der Waals surface area contributed by atoms with Crippen molar-refractivity contribution in [2.45, 2.75) is 44.1 Å². The molecule has 0 saturated heterocycles. The summed E-state index contributed by atoms with van der Waals surface area (Å²) < 4.78 is 16.6. The normalized spacial score (nSPS) is 22.3. The molecule has 1 fully saturated rings. The van der Waals surface area contributed by atoms with Crippen LogP contribution in [-0.4, -0.2) is 37.6 Å². The summed E-state index contributed by atoms with van der Waals surface area (Å²) in [5.74, 6) is 2.13. The van der Waals surface area contributed by atoms with Gasteiger partial charge >= 0.3 is 0 Å². The van der Waals surface area contributed by atoms with Gasteiger partial charge in [0.2, 0.25) is 0 Å². The van der Waals surface area contributed by atoms with Crippen LogP contribution in [0.25, 0.3) is 0 Å². The summed E-state index contributed by atoms with van der Waals surface area (Å²) in [4.78, 5) is 0. The van der Waals surface area contributed by atoms with Gasteiger partial charge in [-0.05, 0) is 61.2 Å². The third-order valence-corrected chi connectivity index (χ3v) is 5.17. The number of halogens is 1. The Bertz CT molecular complexity index is 737. The maximum atomic E-state index is 10.7. The van der Waals surface area contributed by atoms with E-state index in [0.717, 1.165) is 30.6 Å². The molecule has 0 amide bonds. The molecule has 2 aromatic rings. The molecule has 0 bridgehead atoms. The zero-order chi connectivity index (χ0) is 19.2. The second-order valence-corrected chi connectivity index (χ2v) is 7.14. The molecule has 6 heteroatoms. The Labute approximate surface area is 165 Å². The highest BCUT2D eigenvalue weighted by Crippen LogP contribution is 2.28. The zero-order valence-electron chi connectivity index (χ0n) is 15.7. The molecule has 27 heavy (non-hydrogen) atoms. The Morgan fingerprint density at radius 1 is 1.04 bits per heavy atom. The van der Waals surface area contributed by atoms with E-state index in [4.69, 9.17) is 25.8 Å². The average Bonchev–Trinajstić information content (AvgIpc) is 2.70. The lowest BCUT2D eigenvalue weighted by Crippen LogP contribution is -2.50. The quantitative estimate of drug-likeness (QED) is 0.751. The lowest BCUT2D eigenvalue weighted by atomic mass is 9.89. The minimum absolute atomic E-state index is 0.0239. The lowest BCUT2D eigenvalue weighted by molar-refractivity contribution is -0.0157. The van der Waals surface area contributed by atoms with Crippen molar-refractivity contribution in [3.63, 3.8) is 0 Å². The minimum atomic E-state index is -0.574. The van der Waals surface area contributed by atoms with Crippen LogP contribution in [0.2, 0.25) is 5.02 Å². The molecule has 3 rings (SSSR count). The third-order valence-electron chi connectivity index (χ3n) is 4.91. The van der Waals surface area contributed by atoms with Crippen LogP contribution in [0.3, 0.4) is 0 Å². The number of hydrogen-bond acceptors (Lipinski definition) is 5. The fraction of sp³-hybridized carbons (Fsp3) is 0.429. The van der Waals surface area contributed by atoms with Crippen LogP contribution in [0, 0.1) is 0 Å². The number of methoxy groups -OCH3 is 2. The summed E-state index contributed by atoms with van der Waals surface area (Å²) in [6, 6.07) is 13.0. The number of aliphatic hydroxyl groups is 1. The van der Waals surface area contributed by atoms with E-state index in [0.29, 0.717) is 23.1 Å². The van der Waals surface area contributed by atoms with Crippen molar-refractivity contribution in [3.05, 3.63) is 53.1 Å². The number of hydrogen-bond donors (Lipinski definition) is 2. The monoisotopic (exact) mass is 391 g/mol. The first-order chi connectivity index (χ1) is 13.1. The first-order valence-electron chi connectivity index (χ1n) is 9.15. The van der Waals surface area contributed by atoms with E-state index in [1.54, 1.807) is 26.4 Å². The van der Waals surface area contributed by atoms with Gasteiger partial charge in [-0.3, -0.25) is 0 Å². The molecule has 0 aromatic heterocycles. The van der Waals surface area contributed by atoms with Crippen LogP contribution in [0.4, 0.5) is 0 Å². The maximum absolute atomic E-state index is 10.7. The van der Waals surface area contributed by atoms with Crippen molar-refractivity contribution in [1.82, 2.24) is 5.32 Å². The molecule has 1 aliphatic rings. The van der Waals surface area contributed by atoms with Gasteiger partial charge in [0.1, 0.15) is 18.0 Å². The van der Waals surface area contributed by atoms with Gasteiger partial charge < -0.3 is 24.6 Å². The standard InChI is InChI=1S/C21H26ClNO4/c1-25-18-11-6-14(12-20(18)26-2)13-23-17-4-3-5-19(21(17)24)27-16-9-7-15(22)8-10-16/h6-12,17,19,21,23-24H,3-5,13H2,1-2H3/t17-,19+,21+/m0/s1. The molecular weight excluding hydrogens is 366 g/mol. The predicted molar refractivity (Wildman–Crippen MR) is 106 cm³/mol. The van der Waals surface area contributed by atoms with Gasteiger partial charge in [-0.15, -0.1) is 0 Å². The molecule has 146 valence electrons. The highest BCUT2D eigenvalue weighted by atomic mass is 35.5. The number of aliphatic hydroxyl groups excluding tert-OH is 1. The molecule has 1 saturated carbocycles. The fourth-order valence-electron chi connectivity index (χ4n) is 3.42. The van der Waals surface area contributed by atoms with Crippen LogP contribution < -0.4 is 19.5 Å². The highest BCUT2D eigenvalue weighted by Gasteiger charge is 2.33. The molecule has 0 radical (unpaired) electrons. The van der Waals surface area contributed by atoms with Crippen molar-refractivity contribution >= 4 is 11.6 Å². The van der Waals surface area contributed by atoms with E-state index in [1.165, 1.54) is 0 Å². The van der Waals surface area contributed by atoms with Gasteiger partial charge in [-0.1, -0.05) is 17.7 Å². The van der Waals surface area contributed by atoms with Crippen LogP contribution in [0.15, 0.2) is 42.5 Å². The molecule has 1 aliphatic carbocycles. The number of nitrogens with one attached hydrogen (secondary N) is 1. The Morgan fingerprint density at radius 2 is 1.78 bits per heavy atom. The molecule has 3 atom stereocenters. The second kappa shape index (κ2) is 9.31. The number of rotatable bonds is 7. The van der Waals surface area contributed by atoms with E-state index >= 15 is 0 Å². The Balaban J connectivity index is 1.59. The second-order valence-electron chi connectivity index (χ2n) is 6.71. The van der Waals surface area contributed by atoms with Crippen molar-refractivity contribution < 1.29 is 19.3 Å². The van der Waals surface area contributed by atoms with Crippen molar-refractivity contribution in [1.29, 1.82) is 0 Å². The minimum Gasteiger partial charge on any atom is -0.493 e. The van der Waals surface area contributed by atoms with Gasteiger partial charge in [0.05, 0.1) is 14.2 Å². The Kier molecular flexibility index (Phi) is 6.83. The Hall–Kier alpha value is -1.95. The van der Waals surface area contributed by atoms with E-state index < -0.39 is 6.10 Å². The van der Waals surface area contributed by atoms with E-state index in [1.807, 2.05) is 30.3 Å². The Morgan fingerprint density at radius 3 is 2.48 bits per heavy atom. The SMILES string of the molecule is COc1ccc(CN[C@H]2CCC[C@@H](Oc3ccc(Cl)cc3)[C@@H]2O)cc1OC. The number of benzene rings is 2. The lowest BCUT2D eigenvalue weighted by Gasteiger charge is -2.35. The van der Waals surface area contributed by atoms with Gasteiger partial charge in [0.15, 0.2) is 11.5 Å². The molecular formula is C21H26ClNO4. The van der Waals surface area contributed by atoms with Crippen LogP contribution in [-0.2, 0) is 6.54 Å². The molecule has 0 aliphatic heterocycles. The summed E-state index contributed by atoms with van der Waals surface area (Å²) in [5, 5.41) is 14.9. The molecule has 5 nitrogen and oxygen atoms in total. The van der Waals surface area contributed by atoms with Crippen molar-refractivity contribution in [2.24, 2.45) is 0 Å². The van der Waals surface area contributed by atoms with Gasteiger partial charge in [-0.25, -0.2) is 0 Å². The van der Waals surface area contributed by atoms with Gasteiger partial charge in [0, 0.05) is 17.6 Å². The molecule has 0 heterocycles. The van der Waals surface area contributed by atoms with E-state index in [-0.39, 0.29) is 12.1 Å². The smallest absolute Gasteiger partial charge is 0.161 e. The van der Waals surface area contributed by atoms with E-state index in [9.17, 15) is 5.11 Å². The molecule has 2 aromatic carbocycles. The summed E-state index contributed by atoms with van der Waals surface area (Å²) in [7, 11) is 3.24. The molecule has 0 spiro atoms. The third kappa shape index (κ3) is 5.06. The fourth-order valence-corrected chi connectivity index (χ4v) is 3.54. The van der Waals surface area contributed by atoms with Crippen LogP contribution >= 0.6 is 11.6 Å². The summed E-state index contributed by atoms with van der Waals surface area (Å²) in [6.07, 6.45) is 1.93. The van der Waals surface area contributed by atoms with Crippen molar-refractivity contribution in [3.8, 4) is 17.2 Å².